The van der Waals surface area contributed by atoms with Crippen LogP contribution < -0.4 is 14.2 Å². The van der Waals surface area contributed by atoms with E-state index in [2.05, 4.69) is 4.74 Å². The van der Waals surface area contributed by atoms with E-state index in [4.69, 9.17) is 14.6 Å². The van der Waals surface area contributed by atoms with Gasteiger partial charge in [0, 0.05) is 25.2 Å². The van der Waals surface area contributed by atoms with Crippen molar-refractivity contribution in [1.82, 2.24) is 4.90 Å². The number of piperidine rings is 1. The van der Waals surface area contributed by atoms with Crippen molar-refractivity contribution in [2.24, 2.45) is 5.92 Å². The standard InChI is InChI=1S/C14H18N2O5.C7H7NO4/c1-20-14-8-12(16(18)19)2-3-13(14)21-9-11-4-6-15(10-17)7-5-11;1-12-7-4-5(8(10)11)2-3-6(7)9/h2-3,8,10-11H,4-7,9H2,1H3;2-4,9H,1H3. The molecule has 0 radical (unpaired) electrons. The van der Waals surface area contributed by atoms with Crippen LogP contribution in [-0.4, -0.2) is 60.2 Å². The average Bonchev–Trinajstić information content (AvgIpc) is 2.83. The van der Waals surface area contributed by atoms with Crippen LogP contribution in [-0.2, 0) is 4.79 Å². The first-order valence-corrected chi connectivity index (χ1v) is 9.95. The smallest absolute Gasteiger partial charge is 0.273 e. The van der Waals surface area contributed by atoms with E-state index < -0.39 is 9.85 Å². The van der Waals surface area contributed by atoms with Crippen molar-refractivity contribution in [1.29, 1.82) is 0 Å². The van der Waals surface area contributed by atoms with Gasteiger partial charge in [-0.15, -0.1) is 0 Å². The van der Waals surface area contributed by atoms with Crippen molar-refractivity contribution in [2.75, 3.05) is 33.9 Å². The summed E-state index contributed by atoms with van der Waals surface area (Å²) in [5.41, 5.74) is -0.136. The predicted octanol–water partition coefficient (Wildman–Crippen LogP) is 3.16. The summed E-state index contributed by atoms with van der Waals surface area (Å²) in [6, 6.07) is 7.89. The zero-order valence-electron chi connectivity index (χ0n) is 18.2. The number of likely N-dealkylation sites (tertiary alicyclic amines) is 1. The largest absolute Gasteiger partial charge is 0.504 e. The van der Waals surface area contributed by atoms with Crippen LogP contribution in [0.5, 0.6) is 23.0 Å². The lowest BCUT2D eigenvalue weighted by atomic mass is 9.98. The fourth-order valence-electron chi connectivity index (χ4n) is 3.10. The minimum Gasteiger partial charge on any atom is -0.504 e. The first kappa shape index (κ1) is 25.2. The minimum atomic E-state index is -0.554. The summed E-state index contributed by atoms with van der Waals surface area (Å²) in [6.45, 7) is 2.00. The molecule has 0 aromatic heterocycles. The third-order valence-corrected chi connectivity index (χ3v) is 5.00. The summed E-state index contributed by atoms with van der Waals surface area (Å²) in [6.07, 6.45) is 2.67. The minimum absolute atomic E-state index is 0.0292. The molecule has 0 spiro atoms. The van der Waals surface area contributed by atoms with Gasteiger partial charge in [0.25, 0.3) is 11.4 Å². The van der Waals surface area contributed by atoms with E-state index in [9.17, 15) is 25.0 Å². The van der Waals surface area contributed by atoms with Gasteiger partial charge in [-0.3, -0.25) is 25.0 Å². The molecule has 0 saturated carbocycles. The molecule has 2 aromatic rings. The predicted molar refractivity (Wildman–Crippen MR) is 117 cm³/mol. The van der Waals surface area contributed by atoms with Gasteiger partial charge in [0.05, 0.1) is 42.8 Å². The van der Waals surface area contributed by atoms with E-state index in [-0.39, 0.29) is 22.9 Å². The average molecular weight is 463 g/mol. The molecule has 0 bridgehead atoms. The number of phenols is 1. The molecule has 0 aliphatic carbocycles. The van der Waals surface area contributed by atoms with Crippen LogP contribution in [0.2, 0.25) is 0 Å². The van der Waals surface area contributed by atoms with Gasteiger partial charge in [-0.1, -0.05) is 0 Å². The molecule has 1 saturated heterocycles. The molecule has 0 atom stereocenters. The number of ether oxygens (including phenoxy) is 3. The van der Waals surface area contributed by atoms with Crippen LogP contribution in [0.25, 0.3) is 0 Å². The summed E-state index contributed by atoms with van der Waals surface area (Å²) in [7, 11) is 2.78. The van der Waals surface area contributed by atoms with E-state index in [1.54, 1.807) is 11.0 Å². The van der Waals surface area contributed by atoms with Crippen molar-refractivity contribution in [3.8, 4) is 23.0 Å². The number of non-ortho nitro benzene ring substituents is 2. The van der Waals surface area contributed by atoms with Crippen molar-refractivity contribution in [3.05, 3.63) is 56.6 Å². The summed E-state index contributed by atoms with van der Waals surface area (Å²) in [4.78, 5) is 32.3. The highest BCUT2D eigenvalue weighted by molar-refractivity contribution is 5.49. The number of hydrogen-bond donors (Lipinski definition) is 1. The molecule has 1 aliphatic heterocycles. The molecule has 1 N–H and O–H groups in total. The van der Waals surface area contributed by atoms with Gasteiger partial charge >= 0.3 is 0 Å². The Morgan fingerprint density at radius 1 is 0.970 bits per heavy atom. The molecular weight excluding hydrogens is 438 g/mol. The van der Waals surface area contributed by atoms with Crippen LogP contribution in [0.3, 0.4) is 0 Å². The number of rotatable bonds is 8. The molecule has 3 rings (SSSR count). The quantitative estimate of drug-likeness (QED) is 0.353. The number of nitro benzene ring substituents is 2. The fourth-order valence-corrected chi connectivity index (χ4v) is 3.10. The van der Waals surface area contributed by atoms with Crippen molar-refractivity contribution < 1.29 is 34.0 Å². The number of carbonyl (C=O) groups is 1. The van der Waals surface area contributed by atoms with E-state index in [1.807, 2.05) is 0 Å². The molecule has 0 unspecified atom stereocenters. The molecule has 1 amide bonds. The lowest BCUT2D eigenvalue weighted by Crippen LogP contribution is -2.34. The monoisotopic (exact) mass is 463 g/mol. The number of benzene rings is 2. The molecular formula is C21H25N3O9. The summed E-state index contributed by atoms with van der Waals surface area (Å²) < 4.78 is 15.5. The van der Waals surface area contributed by atoms with Gasteiger partial charge < -0.3 is 24.2 Å². The number of aromatic hydroxyl groups is 1. The topological polar surface area (TPSA) is 155 Å². The lowest BCUT2D eigenvalue weighted by Gasteiger charge is -2.29. The Kier molecular flexibility index (Phi) is 9.21. The van der Waals surface area contributed by atoms with E-state index in [0.29, 0.717) is 24.0 Å². The highest BCUT2D eigenvalue weighted by Gasteiger charge is 2.20. The Morgan fingerprint density at radius 2 is 1.52 bits per heavy atom. The maximum Gasteiger partial charge on any atom is 0.273 e. The highest BCUT2D eigenvalue weighted by atomic mass is 16.6. The normalized spacial score (nSPS) is 13.3. The SMILES string of the molecule is COc1cc([N+](=O)[O-])ccc1O.COc1cc([N+](=O)[O-])ccc1OCC1CCN(C=O)CC1. The zero-order valence-corrected chi connectivity index (χ0v) is 18.2. The summed E-state index contributed by atoms with van der Waals surface area (Å²) in [5.74, 6) is 1.23. The molecule has 12 nitrogen and oxygen atoms in total. The van der Waals surface area contributed by atoms with Gasteiger partial charge in [-0.05, 0) is 30.9 Å². The molecule has 12 heteroatoms. The Bertz CT molecular complexity index is 975. The van der Waals surface area contributed by atoms with Crippen LogP contribution in [0.15, 0.2) is 36.4 Å². The van der Waals surface area contributed by atoms with E-state index in [1.165, 1.54) is 38.5 Å². The maximum absolute atomic E-state index is 10.7. The first-order valence-electron chi connectivity index (χ1n) is 9.95. The van der Waals surface area contributed by atoms with Gasteiger partial charge in [0.2, 0.25) is 6.41 Å². The molecule has 33 heavy (non-hydrogen) atoms. The molecule has 2 aromatic carbocycles. The zero-order chi connectivity index (χ0) is 24.4. The van der Waals surface area contributed by atoms with Crippen molar-refractivity contribution in [2.45, 2.75) is 12.8 Å². The van der Waals surface area contributed by atoms with Gasteiger partial charge in [-0.25, -0.2) is 0 Å². The molecule has 1 heterocycles. The third-order valence-electron chi connectivity index (χ3n) is 5.00. The number of amides is 1. The Hall–Kier alpha value is -4.09. The van der Waals surface area contributed by atoms with Crippen LogP contribution in [0, 0.1) is 26.1 Å². The number of nitro groups is 2. The van der Waals surface area contributed by atoms with Crippen molar-refractivity contribution >= 4 is 17.8 Å². The van der Waals surface area contributed by atoms with Crippen LogP contribution in [0.1, 0.15) is 12.8 Å². The lowest BCUT2D eigenvalue weighted by molar-refractivity contribution is -0.385. The second kappa shape index (κ2) is 12.1. The highest BCUT2D eigenvalue weighted by Crippen LogP contribution is 2.32. The number of methoxy groups -OCH3 is 2. The molecule has 1 aliphatic rings. The van der Waals surface area contributed by atoms with E-state index >= 15 is 0 Å². The summed E-state index contributed by atoms with van der Waals surface area (Å²) >= 11 is 0. The van der Waals surface area contributed by atoms with Gasteiger partial charge in [0.1, 0.15) is 0 Å². The second-order valence-electron chi connectivity index (χ2n) is 7.10. The number of carbonyl (C=O) groups excluding carboxylic acids is 1. The maximum atomic E-state index is 10.7. The van der Waals surface area contributed by atoms with Gasteiger partial charge in [-0.2, -0.15) is 0 Å². The Labute approximate surface area is 189 Å². The molecule has 178 valence electrons. The van der Waals surface area contributed by atoms with Crippen molar-refractivity contribution in [3.63, 3.8) is 0 Å². The molecule has 1 fully saturated rings. The summed E-state index contributed by atoms with van der Waals surface area (Å²) in [5, 5.41) is 30.0. The number of nitrogens with zero attached hydrogens (tertiary/aromatic N) is 3. The Balaban J connectivity index is 0.000000273. The van der Waals surface area contributed by atoms with E-state index in [0.717, 1.165) is 38.4 Å². The number of hydrogen-bond acceptors (Lipinski definition) is 9. The van der Waals surface area contributed by atoms with Crippen LogP contribution >= 0.6 is 0 Å². The van der Waals surface area contributed by atoms with Gasteiger partial charge in [0.15, 0.2) is 23.0 Å². The third kappa shape index (κ3) is 7.23. The second-order valence-corrected chi connectivity index (χ2v) is 7.10. The van der Waals surface area contributed by atoms with Crippen LogP contribution in [0.4, 0.5) is 11.4 Å². The number of phenolic OH excluding ortho intramolecular Hbond substituents is 1. The Morgan fingerprint density at radius 3 is 2.03 bits per heavy atom. The first-order chi connectivity index (χ1) is 15.8. The fraction of sp³-hybridized carbons (Fsp3) is 0.381.